The Kier molecular flexibility index (Phi) is 3.46. The molecule has 5 heteroatoms. The second-order valence-electron chi connectivity index (χ2n) is 7.21. The molecular formula is C24H17N5. The van der Waals surface area contributed by atoms with E-state index < -0.39 is 0 Å². The van der Waals surface area contributed by atoms with Crippen molar-refractivity contribution < 1.29 is 0 Å². The molecule has 2 aromatic heterocycles. The van der Waals surface area contributed by atoms with Gasteiger partial charge in [0, 0.05) is 33.9 Å². The van der Waals surface area contributed by atoms with Gasteiger partial charge in [-0.2, -0.15) is 5.21 Å². The number of tetrazole rings is 1. The molecule has 0 saturated heterocycles. The molecule has 5 nitrogen and oxygen atoms in total. The zero-order valence-electron chi connectivity index (χ0n) is 15.6. The molecule has 4 aromatic carbocycles. The summed E-state index contributed by atoms with van der Waals surface area (Å²) in [5.74, 6) is 0.609. The van der Waals surface area contributed by atoms with Gasteiger partial charge in [-0.05, 0) is 45.8 Å². The second-order valence-corrected chi connectivity index (χ2v) is 7.21. The number of H-pyrrole nitrogens is 1. The lowest BCUT2D eigenvalue weighted by molar-refractivity contribution is 0.876. The van der Waals surface area contributed by atoms with Crippen LogP contribution in [0.15, 0.2) is 84.9 Å². The summed E-state index contributed by atoms with van der Waals surface area (Å²) < 4.78 is 2.40. The molecule has 2 heterocycles. The number of para-hydroxylation sites is 1. The highest BCUT2D eigenvalue weighted by Gasteiger charge is 2.14. The highest BCUT2D eigenvalue weighted by Crippen LogP contribution is 2.33. The molecule has 6 rings (SSSR count). The Labute approximate surface area is 166 Å². The Morgan fingerprint density at radius 3 is 2.41 bits per heavy atom. The Hall–Kier alpha value is -3.99. The first kappa shape index (κ1) is 16.0. The first-order valence-electron chi connectivity index (χ1n) is 9.60. The van der Waals surface area contributed by atoms with Gasteiger partial charge >= 0.3 is 0 Å². The number of nitrogens with one attached hydrogen (secondary N) is 1. The molecule has 0 spiro atoms. The van der Waals surface area contributed by atoms with Gasteiger partial charge in [-0.1, -0.05) is 60.7 Å². The smallest absolute Gasteiger partial charge is 0.204 e. The Morgan fingerprint density at radius 1 is 0.724 bits per heavy atom. The van der Waals surface area contributed by atoms with Crippen LogP contribution in [0, 0.1) is 0 Å². The summed E-state index contributed by atoms with van der Waals surface area (Å²) in [6.07, 6.45) is 0. The van der Waals surface area contributed by atoms with E-state index in [1.807, 2.05) is 0 Å². The lowest BCUT2D eigenvalue weighted by atomic mass is 10.0. The van der Waals surface area contributed by atoms with Crippen LogP contribution in [0.2, 0.25) is 0 Å². The zero-order chi connectivity index (χ0) is 19.2. The third kappa shape index (κ3) is 2.51. The van der Waals surface area contributed by atoms with E-state index in [1.54, 1.807) is 0 Å². The summed E-state index contributed by atoms with van der Waals surface area (Å²) in [6, 6.07) is 30.0. The molecule has 0 unspecified atom stereocenters. The van der Waals surface area contributed by atoms with Crippen LogP contribution in [0.5, 0.6) is 0 Å². The van der Waals surface area contributed by atoms with E-state index in [0.717, 1.165) is 12.1 Å². The van der Waals surface area contributed by atoms with Crippen molar-refractivity contribution in [3.8, 4) is 11.4 Å². The fraction of sp³-hybridized carbons (Fsp3) is 0.0417. The summed E-state index contributed by atoms with van der Waals surface area (Å²) in [5.41, 5.74) is 4.69. The minimum atomic E-state index is 0.609. The predicted octanol–water partition coefficient (Wildman–Crippen LogP) is 5.18. The lowest BCUT2D eigenvalue weighted by Gasteiger charge is -2.11. The van der Waals surface area contributed by atoms with Crippen LogP contribution in [0.25, 0.3) is 44.0 Å². The van der Waals surface area contributed by atoms with Gasteiger partial charge in [-0.25, -0.2) is 0 Å². The molecule has 6 aromatic rings. The number of hydrogen-bond acceptors (Lipinski definition) is 3. The first-order valence-corrected chi connectivity index (χ1v) is 9.60. The fourth-order valence-corrected chi connectivity index (χ4v) is 4.25. The quantitative estimate of drug-likeness (QED) is 0.464. The SMILES string of the molecule is c1ccc2c(Cn3c4ccccc4c4cc(-c5nn[nH]n5)ccc43)cccc2c1. The van der Waals surface area contributed by atoms with Crippen molar-refractivity contribution in [1.82, 2.24) is 25.2 Å². The van der Waals surface area contributed by atoms with Crippen LogP contribution < -0.4 is 0 Å². The number of nitrogens with zero attached hydrogens (tertiary/aromatic N) is 4. The summed E-state index contributed by atoms with van der Waals surface area (Å²) in [4.78, 5) is 0. The van der Waals surface area contributed by atoms with Gasteiger partial charge in [0.15, 0.2) is 0 Å². The van der Waals surface area contributed by atoms with E-state index in [9.17, 15) is 0 Å². The number of benzene rings is 4. The molecule has 0 bridgehead atoms. The van der Waals surface area contributed by atoms with Crippen molar-refractivity contribution in [3.63, 3.8) is 0 Å². The minimum Gasteiger partial charge on any atom is -0.336 e. The van der Waals surface area contributed by atoms with Gasteiger partial charge in [-0.3, -0.25) is 0 Å². The maximum Gasteiger partial charge on any atom is 0.204 e. The fourth-order valence-electron chi connectivity index (χ4n) is 4.25. The molecule has 0 amide bonds. The third-order valence-corrected chi connectivity index (χ3v) is 5.58. The van der Waals surface area contributed by atoms with Crippen LogP contribution in [0.3, 0.4) is 0 Å². The van der Waals surface area contributed by atoms with Gasteiger partial charge in [0.25, 0.3) is 0 Å². The largest absolute Gasteiger partial charge is 0.336 e. The lowest BCUT2D eigenvalue weighted by Crippen LogP contribution is -2.00. The molecule has 0 aliphatic heterocycles. The maximum absolute atomic E-state index is 4.13. The summed E-state index contributed by atoms with van der Waals surface area (Å²) in [5, 5.41) is 19.5. The summed E-state index contributed by atoms with van der Waals surface area (Å²) in [7, 11) is 0. The average molecular weight is 375 g/mol. The molecule has 0 aliphatic carbocycles. The summed E-state index contributed by atoms with van der Waals surface area (Å²) >= 11 is 0. The zero-order valence-corrected chi connectivity index (χ0v) is 15.6. The van der Waals surface area contributed by atoms with E-state index in [4.69, 9.17) is 0 Å². The molecular weight excluding hydrogens is 358 g/mol. The Bertz CT molecular complexity index is 1470. The molecule has 29 heavy (non-hydrogen) atoms. The molecule has 0 aliphatic rings. The third-order valence-electron chi connectivity index (χ3n) is 5.58. The van der Waals surface area contributed by atoms with E-state index in [2.05, 4.69) is 110 Å². The van der Waals surface area contributed by atoms with Gasteiger partial charge in [0.2, 0.25) is 5.82 Å². The molecule has 0 saturated carbocycles. The van der Waals surface area contributed by atoms with Crippen LogP contribution in [0.1, 0.15) is 5.56 Å². The van der Waals surface area contributed by atoms with Crippen molar-refractivity contribution in [2.75, 3.05) is 0 Å². The topological polar surface area (TPSA) is 59.4 Å². The van der Waals surface area contributed by atoms with Gasteiger partial charge in [0.05, 0.1) is 0 Å². The van der Waals surface area contributed by atoms with Crippen molar-refractivity contribution in [2.45, 2.75) is 6.54 Å². The number of fused-ring (bicyclic) bond motifs is 4. The highest BCUT2D eigenvalue weighted by atomic mass is 15.5. The van der Waals surface area contributed by atoms with Crippen molar-refractivity contribution in [1.29, 1.82) is 0 Å². The molecule has 0 fully saturated rings. The van der Waals surface area contributed by atoms with Crippen LogP contribution in [-0.4, -0.2) is 25.2 Å². The van der Waals surface area contributed by atoms with Gasteiger partial charge in [0.1, 0.15) is 0 Å². The van der Waals surface area contributed by atoms with Crippen LogP contribution in [0.4, 0.5) is 0 Å². The summed E-state index contributed by atoms with van der Waals surface area (Å²) in [6.45, 7) is 0.812. The minimum absolute atomic E-state index is 0.609. The van der Waals surface area contributed by atoms with E-state index in [0.29, 0.717) is 5.82 Å². The standard InChI is InChI=1S/C24H17N5/c1-2-9-19-16(6-1)7-5-8-18(19)15-29-22-11-4-3-10-20(22)21-14-17(12-13-23(21)29)24-25-27-28-26-24/h1-14H,15H2,(H,25,26,27,28). The number of aromatic nitrogens is 5. The predicted molar refractivity (Wildman–Crippen MR) is 116 cm³/mol. The first-order chi connectivity index (χ1) is 14.4. The van der Waals surface area contributed by atoms with Gasteiger partial charge < -0.3 is 4.57 Å². The Balaban J connectivity index is 1.59. The molecule has 0 atom stereocenters. The molecule has 0 radical (unpaired) electrons. The molecule has 138 valence electrons. The highest BCUT2D eigenvalue weighted by molar-refractivity contribution is 6.09. The average Bonchev–Trinajstić information content (AvgIpc) is 3.41. The van der Waals surface area contributed by atoms with E-state index >= 15 is 0 Å². The number of rotatable bonds is 3. The normalized spacial score (nSPS) is 11.6. The Morgan fingerprint density at radius 2 is 1.52 bits per heavy atom. The van der Waals surface area contributed by atoms with Crippen molar-refractivity contribution in [3.05, 3.63) is 90.5 Å². The van der Waals surface area contributed by atoms with E-state index in [1.165, 1.54) is 38.1 Å². The van der Waals surface area contributed by atoms with Crippen molar-refractivity contribution in [2.24, 2.45) is 0 Å². The maximum atomic E-state index is 4.13. The van der Waals surface area contributed by atoms with Crippen LogP contribution in [-0.2, 0) is 6.54 Å². The molecule has 1 N–H and O–H groups in total. The van der Waals surface area contributed by atoms with Gasteiger partial charge in [-0.15, -0.1) is 10.2 Å². The number of hydrogen-bond donors (Lipinski definition) is 1. The van der Waals surface area contributed by atoms with E-state index in [-0.39, 0.29) is 0 Å². The number of aromatic amines is 1. The monoisotopic (exact) mass is 375 g/mol. The van der Waals surface area contributed by atoms with Crippen LogP contribution >= 0.6 is 0 Å². The second kappa shape index (κ2) is 6.27. The van der Waals surface area contributed by atoms with Crippen molar-refractivity contribution >= 4 is 32.6 Å².